The van der Waals surface area contributed by atoms with Gasteiger partial charge in [-0.3, -0.25) is 14.5 Å². The van der Waals surface area contributed by atoms with Crippen molar-refractivity contribution in [3.8, 4) is 16.3 Å². The van der Waals surface area contributed by atoms with E-state index in [4.69, 9.17) is 4.74 Å². The van der Waals surface area contributed by atoms with Crippen molar-refractivity contribution in [2.24, 2.45) is 0 Å². The van der Waals surface area contributed by atoms with Crippen LogP contribution in [0.3, 0.4) is 0 Å². The van der Waals surface area contributed by atoms with Crippen LogP contribution in [-0.4, -0.2) is 40.1 Å². The van der Waals surface area contributed by atoms with Crippen LogP contribution in [0.4, 0.5) is 9.18 Å². The predicted octanol–water partition coefficient (Wildman–Crippen LogP) is 4.91. The Bertz CT molecular complexity index is 1510. The van der Waals surface area contributed by atoms with Crippen LogP contribution in [-0.2, 0) is 6.61 Å². The van der Waals surface area contributed by atoms with Crippen LogP contribution in [0.1, 0.15) is 16.8 Å². The summed E-state index contributed by atoms with van der Waals surface area (Å²) in [5.41, 5.74) is 3.14. The monoisotopic (exact) mass is 501 g/mol. The molecule has 2 aromatic carbocycles. The number of hydrogen-bond donors (Lipinski definition) is 1. The fraction of sp³-hybridized carbons (Fsp3) is 0.111. The summed E-state index contributed by atoms with van der Waals surface area (Å²) >= 11 is 1.40. The number of amides is 1. The molecule has 0 unspecified atom stereocenters. The highest BCUT2D eigenvalue weighted by Gasteiger charge is 2.20. The molecular weight excluding hydrogens is 479 g/mol. The lowest BCUT2D eigenvalue weighted by Crippen LogP contribution is -2.48. The first-order valence-electron chi connectivity index (χ1n) is 11.1. The van der Waals surface area contributed by atoms with Crippen LogP contribution in [0.5, 0.6) is 5.75 Å². The minimum Gasteiger partial charge on any atom is -0.518 e. The fourth-order valence-corrected chi connectivity index (χ4v) is 4.54. The van der Waals surface area contributed by atoms with E-state index in [0.717, 1.165) is 16.1 Å². The number of benzene rings is 2. The molecule has 5 rings (SSSR count). The maximum atomic E-state index is 13.2. The smallest absolute Gasteiger partial charge is 0.441 e. The van der Waals surface area contributed by atoms with Crippen LogP contribution in [0.2, 0.25) is 0 Å². The number of aliphatic hydroxyl groups excluding tert-OH is 1. The highest BCUT2D eigenvalue weighted by molar-refractivity contribution is 7.13. The van der Waals surface area contributed by atoms with E-state index in [2.05, 4.69) is 9.97 Å². The summed E-state index contributed by atoms with van der Waals surface area (Å²) < 4.78 is 20.5. The molecule has 0 aliphatic heterocycles. The molecule has 0 aliphatic carbocycles. The summed E-state index contributed by atoms with van der Waals surface area (Å²) in [4.78, 5) is 23.1. The van der Waals surface area contributed by atoms with Gasteiger partial charge in [-0.1, -0.05) is 24.3 Å². The molecule has 0 atom stereocenters. The standard InChI is InChI=1S/C27H22FN4O3S/c1-31(2)27(34)32-14-22(25(33)23-16-36-26(30-23)18-4-3-11-29-13-18)21-10-9-20(12-24(21)32)35-15-17-5-7-19(28)8-6-17/h3-14,16,33H,15H2,1-2H3/q-1. The number of fused-ring (bicyclic) bond motifs is 1. The molecule has 0 radical (unpaired) electrons. The van der Waals surface area contributed by atoms with Gasteiger partial charge in [0.15, 0.2) is 11.3 Å². The van der Waals surface area contributed by atoms with Crippen molar-refractivity contribution < 1.29 is 23.6 Å². The Balaban J connectivity index is 1.49. The van der Waals surface area contributed by atoms with Crippen molar-refractivity contribution in [3.05, 3.63) is 107 Å². The molecule has 3 aromatic heterocycles. The third-order valence-electron chi connectivity index (χ3n) is 5.59. The number of pyridine rings is 1. The van der Waals surface area contributed by atoms with Gasteiger partial charge in [-0.25, -0.2) is 9.18 Å². The molecule has 182 valence electrons. The number of aliphatic hydroxyl groups is 1. The molecule has 0 aliphatic rings. The van der Waals surface area contributed by atoms with Gasteiger partial charge in [0.2, 0.25) is 5.01 Å². The van der Waals surface area contributed by atoms with Crippen molar-refractivity contribution >= 4 is 28.3 Å². The molecule has 0 bridgehead atoms. The first-order chi connectivity index (χ1) is 17.4. The van der Waals surface area contributed by atoms with Crippen molar-refractivity contribution in [1.82, 2.24) is 14.9 Å². The van der Waals surface area contributed by atoms with E-state index in [9.17, 15) is 14.3 Å². The van der Waals surface area contributed by atoms with Gasteiger partial charge in [-0.2, -0.15) is 0 Å². The Morgan fingerprint density at radius 3 is 2.75 bits per heavy atom. The Hall–Kier alpha value is -4.21. The average molecular weight is 502 g/mol. The van der Waals surface area contributed by atoms with E-state index in [1.54, 1.807) is 68.4 Å². The zero-order valence-corrected chi connectivity index (χ0v) is 20.4. The molecule has 3 heterocycles. The molecule has 0 spiro atoms. The van der Waals surface area contributed by atoms with Gasteiger partial charge < -0.3 is 14.8 Å². The summed E-state index contributed by atoms with van der Waals surface area (Å²) in [6.45, 7) is 0.244. The van der Waals surface area contributed by atoms with Gasteiger partial charge in [0, 0.05) is 23.6 Å². The van der Waals surface area contributed by atoms with E-state index in [1.807, 2.05) is 12.1 Å². The van der Waals surface area contributed by atoms with Crippen molar-refractivity contribution in [3.63, 3.8) is 0 Å². The molecule has 5 aromatic rings. The van der Waals surface area contributed by atoms with Gasteiger partial charge in [-0.15, -0.1) is 23.1 Å². The van der Waals surface area contributed by atoms with Crippen molar-refractivity contribution in [2.45, 2.75) is 6.61 Å². The SMILES string of the molecule is CN(C)C(=O)[n+]1cc([C-](O)c2c[s+][c-](-c3cccnc3)n2)c2ccc(OCc3ccc(F)cc3)c[c-]21. The van der Waals surface area contributed by atoms with Crippen LogP contribution in [0.25, 0.3) is 21.5 Å². The average Bonchev–Trinajstić information content (AvgIpc) is 3.53. The summed E-state index contributed by atoms with van der Waals surface area (Å²) in [6.07, 6.45) is 4.98. The molecule has 0 fully saturated rings. The topological polar surface area (TPSA) is 79.4 Å². The van der Waals surface area contributed by atoms with Crippen molar-refractivity contribution in [2.75, 3.05) is 14.1 Å². The first-order valence-corrected chi connectivity index (χ1v) is 12.0. The lowest BCUT2D eigenvalue weighted by Gasteiger charge is -2.17. The lowest BCUT2D eigenvalue weighted by atomic mass is 10.1. The van der Waals surface area contributed by atoms with Crippen molar-refractivity contribution in [1.29, 1.82) is 0 Å². The summed E-state index contributed by atoms with van der Waals surface area (Å²) in [7, 11) is 3.32. The molecule has 0 saturated heterocycles. The largest absolute Gasteiger partial charge is 0.518 e. The van der Waals surface area contributed by atoms with E-state index in [1.165, 1.54) is 32.9 Å². The molecular formula is C27H22FN4O3S-. The normalized spacial score (nSPS) is 11.0. The van der Waals surface area contributed by atoms with Gasteiger partial charge in [0.05, 0.1) is 19.8 Å². The molecule has 0 saturated carbocycles. The number of carbonyl (C=O) groups excluding carboxylic acids is 1. The number of rotatable bonds is 6. The van der Waals surface area contributed by atoms with Crippen LogP contribution >= 0.6 is 11.3 Å². The third kappa shape index (κ3) is 4.66. The summed E-state index contributed by atoms with van der Waals surface area (Å²) in [5, 5.41) is 14.3. The summed E-state index contributed by atoms with van der Waals surface area (Å²) in [6, 6.07) is 14.9. The number of thiazole rings is 1. The van der Waals surface area contributed by atoms with Gasteiger partial charge in [-0.05, 0) is 41.6 Å². The number of ether oxygens (including phenoxy) is 1. The quantitative estimate of drug-likeness (QED) is 0.203. The van der Waals surface area contributed by atoms with Crippen LogP contribution in [0.15, 0.2) is 78.6 Å². The molecule has 1 amide bonds. The van der Waals surface area contributed by atoms with E-state index >= 15 is 0 Å². The number of nitrogens with zero attached hydrogens (tertiary/aromatic N) is 4. The summed E-state index contributed by atoms with van der Waals surface area (Å²) in [5.74, 6) is 0.229. The van der Waals surface area contributed by atoms with E-state index < -0.39 is 0 Å². The fourth-order valence-electron chi connectivity index (χ4n) is 3.75. The Morgan fingerprint density at radius 2 is 2.03 bits per heavy atom. The molecule has 9 heteroatoms. The maximum Gasteiger partial charge on any atom is 0.441 e. The predicted molar refractivity (Wildman–Crippen MR) is 134 cm³/mol. The third-order valence-corrected chi connectivity index (χ3v) is 6.49. The Kier molecular flexibility index (Phi) is 6.41. The second-order valence-corrected chi connectivity index (χ2v) is 9.17. The molecule has 1 N–H and O–H groups in total. The Morgan fingerprint density at radius 1 is 1.22 bits per heavy atom. The Labute approximate surface area is 211 Å². The minimum absolute atomic E-state index is 0.0309. The lowest BCUT2D eigenvalue weighted by molar-refractivity contribution is -0.547. The zero-order valence-electron chi connectivity index (χ0n) is 19.6. The van der Waals surface area contributed by atoms with Gasteiger partial charge in [0.25, 0.3) is 0 Å². The van der Waals surface area contributed by atoms with E-state index in [0.29, 0.717) is 27.9 Å². The first kappa shape index (κ1) is 23.5. The molecule has 36 heavy (non-hydrogen) atoms. The number of halogens is 1. The number of carbonyl (C=O) groups is 1. The highest BCUT2D eigenvalue weighted by atomic mass is 32.1. The van der Waals surface area contributed by atoms with E-state index in [-0.39, 0.29) is 24.6 Å². The number of aromatic nitrogens is 3. The minimum atomic E-state index is -0.309. The second kappa shape index (κ2) is 9.80. The van der Waals surface area contributed by atoms with Crippen LogP contribution in [0, 0.1) is 11.9 Å². The van der Waals surface area contributed by atoms with Gasteiger partial charge in [0.1, 0.15) is 17.8 Å². The maximum absolute atomic E-state index is 13.2. The van der Waals surface area contributed by atoms with Gasteiger partial charge >= 0.3 is 6.03 Å². The van der Waals surface area contributed by atoms with Crippen LogP contribution < -0.4 is 9.30 Å². The number of hydrogen-bond acceptors (Lipinski definition) is 5. The second-order valence-electron chi connectivity index (χ2n) is 8.31. The molecule has 7 nitrogen and oxygen atoms in total. The highest BCUT2D eigenvalue weighted by Crippen LogP contribution is 2.32. The zero-order chi connectivity index (χ0) is 25.2.